The summed E-state index contributed by atoms with van der Waals surface area (Å²) in [4.78, 5) is 42.4. The monoisotopic (exact) mass is 604 g/mol. The Hall–Kier alpha value is -4.78. The fourth-order valence-electron chi connectivity index (χ4n) is 4.97. The van der Waals surface area contributed by atoms with Crippen molar-refractivity contribution in [1.29, 1.82) is 0 Å². The molecule has 0 unspecified atom stereocenters. The standard InChI is InChI=1S/C31H40N8O5/c1-18(2)38-20(5)33-23-11-10-21(14-25(23)38)29-22(30(40)44-19(3)4)17-32-31(35-29)34-24-15-27(39(41)42)26(16-28(24)43-9)37(8)13-12-36(6)7/h10-11,14-19H,12-13H2,1-9H3,(H,32,34,35). The molecule has 44 heavy (non-hydrogen) atoms. The van der Waals surface area contributed by atoms with Crippen molar-refractivity contribution in [3.8, 4) is 17.0 Å². The molecular formula is C31H40N8O5. The highest BCUT2D eigenvalue weighted by molar-refractivity contribution is 5.97. The molecule has 0 aliphatic carbocycles. The molecule has 0 amide bonds. The van der Waals surface area contributed by atoms with Crippen molar-refractivity contribution in [1.82, 2.24) is 24.4 Å². The number of esters is 1. The maximum Gasteiger partial charge on any atom is 0.342 e. The van der Waals surface area contributed by atoms with Gasteiger partial charge in [0.1, 0.15) is 22.8 Å². The van der Waals surface area contributed by atoms with Crippen LogP contribution in [0.4, 0.5) is 23.0 Å². The number of aryl methyl sites for hydroxylation is 1. The number of hydrogen-bond donors (Lipinski definition) is 1. The quantitative estimate of drug-likeness (QED) is 0.123. The highest BCUT2D eigenvalue weighted by atomic mass is 16.6. The molecule has 13 heteroatoms. The van der Waals surface area contributed by atoms with Gasteiger partial charge < -0.3 is 29.2 Å². The van der Waals surface area contributed by atoms with Crippen molar-refractivity contribution in [2.45, 2.75) is 46.8 Å². The van der Waals surface area contributed by atoms with Crippen LogP contribution in [0.25, 0.3) is 22.3 Å². The van der Waals surface area contributed by atoms with Crippen molar-refractivity contribution in [3.63, 3.8) is 0 Å². The molecule has 0 aliphatic rings. The zero-order valence-electron chi connectivity index (χ0n) is 26.7. The Morgan fingerprint density at radius 3 is 2.43 bits per heavy atom. The average Bonchev–Trinajstić information content (AvgIpc) is 3.30. The van der Waals surface area contributed by atoms with Crippen LogP contribution in [0.1, 0.15) is 49.9 Å². The van der Waals surface area contributed by atoms with Crippen LogP contribution >= 0.6 is 0 Å². The van der Waals surface area contributed by atoms with E-state index in [0.29, 0.717) is 41.5 Å². The average molecular weight is 605 g/mol. The third-order valence-corrected chi connectivity index (χ3v) is 7.04. The van der Waals surface area contributed by atoms with E-state index in [1.165, 1.54) is 19.4 Å². The van der Waals surface area contributed by atoms with Crippen LogP contribution in [-0.2, 0) is 4.74 Å². The van der Waals surface area contributed by atoms with Gasteiger partial charge in [0, 0.05) is 50.1 Å². The summed E-state index contributed by atoms with van der Waals surface area (Å²) < 4.78 is 13.2. The lowest BCUT2D eigenvalue weighted by Crippen LogP contribution is -2.29. The number of anilines is 3. The van der Waals surface area contributed by atoms with Crippen LogP contribution in [-0.4, -0.2) is 82.8 Å². The van der Waals surface area contributed by atoms with Gasteiger partial charge >= 0.3 is 5.97 Å². The Kier molecular flexibility index (Phi) is 9.68. The highest BCUT2D eigenvalue weighted by Gasteiger charge is 2.24. The van der Waals surface area contributed by atoms with Crippen LogP contribution in [0.3, 0.4) is 0 Å². The number of nitrogens with zero attached hydrogens (tertiary/aromatic N) is 7. The van der Waals surface area contributed by atoms with E-state index in [0.717, 1.165) is 16.9 Å². The van der Waals surface area contributed by atoms with Crippen molar-refractivity contribution < 1.29 is 19.2 Å². The van der Waals surface area contributed by atoms with Gasteiger partial charge in [-0.3, -0.25) is 10.1 Å². The number of hydrogen-bond acceptors (Lipinski definition) is 11. The van der Waals surface area contributed by atoms with Crippen molar-refractivity contribution >= 4 is 40.0 Å². The smallest absolute Gasteiger partial charge is 0.342 e. The predicted octanol–water partition coefficient (Wildman–Crippen LogP) is 5.61. The molecule has 2 heterocycles. The van der Waals surface area contributed by atoms with Gasteiger partial charge in [-0.25, -0.2) is 19.7 Å². The number of methoxy groups -OCH3 is 1. The van der Waals surface area contributed by atoms with E-state index in [2.05, 4.69) is 33.7 Å². The largest absolute Gasteiger partial charge is 0.494 e. The number of carbonyl (C=O) groups excluding carboxylic acids is 1. The van der Waals surface area contributed by atoms with Gasteiger partial charge in [-0.2, -0.15) is 0 Å². The Labute approximate surface area is 257 Å². The fourth-order valence-corrected chi connectivity index (χ4v) is 4.97. The van der Waals surface area contributed by atoms with Crippen molar-refractivity contribution in [2.24, 2.45) is 0 Å². The summed E-state index contributed by atoms with van der Waals surface area (Å²) in [7, 11) is 7.17. The summed E-state index contributed by atoms with van der Waals surface area (Å²) in [6.45, 7) is 10.9. The zero-order chi connectivity index (χ0) is 32.3. The number of aromatic nitrogens is 4. The second kappa shape index (κ2) is 13.2. The molecule has 4 aromatic rings. The molecular weight excluding hydrogens is 564 g/mol. The number of imidazole rings is 1. The van der Waals surface area contributed by atoms with E-state index >= 15 is 0 Å². The molecule has 0 radical (unpaired) electrons. The third-order valence-electron chi connectivity index (χ3n) is 7.04. The first-order valence-corrected chi connectivity index (χ1v) is 14.4. The van der Waals surface area contributed by atoms with Crippen LogP contribution in [0, 0.1) is 17.0 Å². The number of carbonyl (C=O) groups is 1. The fraction of sp³-hybridized carbons (Fsp3) is 0.419. The molecule has 0 saturated carbocycles. The Balaban J connectivity index is 1.82. The van der Waals surface area contributed by atoms with Crippen LogP contribution < -0.4 is 15.0 Å². The van der Waals surface area contributed by atoms with Crippen molar-refractivity contribution in [2.75, 3.05) is 51.6 Å². The van der Waals surface area contributed by atoms with E-state index in [4.69, 9.17) is 14.5 Å². The van der Waals surface area contributed by atoms with E-state index in [1.807, 2.05) is 49.0 Å². The normalized spacial score (nSPS) is 11.5. The number of benzene rings is 2. The summed E-state index contributed by atoms with van der Waals surface area (Å²) in [5.41, 5.74) is 3.54. The highest BCUT2D eigenvalue weighted by Crippen LogP contribution is 2.39. The molecule has 13 nitrogen and oxygen atoms in total. The Morgan fingerprint density at radius 2 is 1.82 bits per heavy atom. The van der Waals surface area contributed by atoms with Crippen LogP contribution in [0.5, 0.6) is 5.75 Å². The number of ether oxygens (including phenoxy) is 2. The number of fused-ring (bicyclic) bond motifs is 1. The molecule has 2 aromatic heterocycles. The lowest BCUT2D eigenvalue weighted by Gasteiger charge is -2.23. The summed E-state index contributed by atoms with van der Waals surface area (Å²) in [6.07, 6.45) is 1.05. The van der Waals surface area contributed by atoms with Gasteiger partial charge in [0.25, 0.3) is 5.69 Å². The lowest BCUT2D eigenvalue weighted by atomic mass is 10.1. The maximum absolute atomic E-state index is 13.1. The first-order valence-electron chi connectivity index (χ1n) is 14.4. The van der Waals surface area contributed by atoms with Crippen LogP contribution in [0.15, 0.2) is 36.5 Å². The summed E-state index contributed by atoms with van der Waals surface area (Å²) >= 11 is 0. The van der Waals surface area contributed by atoms with Gasteiger partial charge in [0.15, 0.2) is 0 Å². The maximum atomic E-state index is 13.1. The van der Waals surface area contributed by atoms with Gasteiger partial charge in [0.2, 0.25) is 5.95 Å². The van der Waals surface area contributed by atoms with Gasteiger partial charge in [-0.05, 0) is 60.8 Å². The molecule has 2 aromatic carbocycles. The predicted molar refractivity (Wildman–Crippen MR) is 171 cm³/mol. The summed E-state index contributed by atoms with van der Waals surface area (Å²) in [5.74, 6) is 0.805. The van der Waals surface area contributed by atoms with Gasteiger partial charge in [0.05, 0.1) is 40.6 Å². The first-order chi connectivity index (χ1) is 20.8. The Bertz CT molecular complexity index is 1680. The Morgan fingerprint density at radius 1 is 1.09 bits per heavy atom. The number of rotatable bonds is 12. The molecule has 0 bridgehead atoms. The van der Waals surface area contributed by atoms with E-state index < -0.39 is 10.9 Å². The molecule has 234 valence electrons. The lowest BCUT2D eigenvalue weighted by molar-refractivity contribution is -0.384. The van der Waals surface area contributed by atoms with Gasteiger partial charge in [-0.1, -0.05) is 6.07 Å². The molecule has 1 N–H and O–H groups in total. The number of nitro groups is 1. The minimum Gasteiger partial charge on any atom is -0.494 e. The molecule has 0 spiro atoms. The molecule has 0 saturated heterocycles. The molecule has 0 atom stereocenters. The van der Waals surface area contributed by atoms with Crippen LogP contribution in [0.2, 0.25) is 0 Å². The SMILES string of the molecule is COc1cc(N(C)CCN(C)C)c([N+](=O)[O-])cc1Nc1ncc(C(=O)OC(C)C)c(-c2ccc3nc(C)n(C(C)C)c3c2)n1. The number of nitrogens with one attached hydrogen (secondary N) is 1. The first kappa shape index (κ1) is 32.1. The minimum absolute atomic E-state index is 0.102. The molecule has 4 rings (SSSR count). The van der Waals surface area contributed by atoms with Crippen molar-refractivity contribution in [3.05, 3.63) is 58.0 Å². The number of likely N-dealkylation sites (N-methyl/N-ethyl adjacent to an activating group) is 2. The molecule has 0 fully saturated rings. The topological polar surface area (TPSA) is 141 Å². The van der Waals surface area contributed by atoms with E-state index in [1.54, 1.807) is 27.0 Å². The van der Waals surface area contributed by atoms with Gasteiger partial charge in [-0.15, -0.1) is 0 Å². The summed E-state index contributed by atoms with van der Waals surface area (Å²) in [5, 5.41) is 15.2. The second-order valence-electron chi connectivity index (χ2n) is 11.4. The third kappa shape index (κ3) is 6.88. The number of nitro benzene ring substituents is 1. The minimum atomic E-state index is -0.562. The zero-order valence-corrected chi connectivity index (χ0v) is 26.7. The molecule has 0 aliphatic heterocycles. The second-order valence-corrected chi connectivity index (χ2v) is 11.4. The summed E-state index contributed by atoms with van der Waals surface area (Å²) in [6, 6.07) is 8.87. The van der Waals surface area contributed by atoms with E-state index in [9.17, 15) is 14.9 Å². The van der Waals surface area contributed by atoms with E-state index in [-0.39, 0.29) is 29.3 Å².